The number of carbonyl (C=O) groups is 2. The van der Waals surface area contributed by atoms with Crippen LogP contribution in [-0.4, -0.2) is 25.9 Å². The maximum Gasteiger partial charge on any atom is 0.227 e. The van der Waals surface area contributed by atoms with E-state index in [2.05, 4.69) is 5.32 Å². The van der Waals surface area contributed by atoms with Gasteiger partial charge < -0.3 is 14.8 Å². The van der Waals surface area contributed by atoms with Gasteiger partial charge in [-0.3, -0.25) is 9.59 Å². The van der Waals surface area contributed by atoms with Crippen LogP contribution < -0.4 is 14.8 Å². The fraction of sp³-hybridized carbons (Fsp3) is 0.467. The number of hydrogen-bond donors (Lipinski definition) is 1. The molecule has 1 aromatic carbocycles. The molecule has 5 nitrogen and oxygen atoms in total. The number of nitrogens with one attached hydrogen (secondary N) is 1. The number of hydrogen-bond acceptors (Lipinski definition) is 4. The van der Waals surface area contributed by atoms with E-state index in [1.165, 1.54) is 21.1 Å². The van der Waals surface area contributed by atoms with Crippen LogP contribution in [0.3, 0.4) is 0 Å². The van der Waals surface area contributed by atoms with Gasteiger partial charge in [-0.25, -0.2) is 0 Å². The molecule has 1 amide bonds. The molecule has 0 heterocycles. The number of methoxy groups -OCH3 is 2. The average Bonchev–Trinajstić information content (AvgIpc) is 2.35. The molecule has 0 spiro atoms. The standard InChI is InChI=1S/C15H19NO4/c1-9(17)11-7-13(19-2)14(20-3)8-12(11)16-15(18)10-5-4-6-10/h7-8,10H,4-6H2,1-3H3,(H,16,18). The zero-order valence-corrected chi connectivity index (χ0v) is 12.0. The Morgan fingerprint density at radius 1 is 1.15 bits per heavy atom. The van der Waals surface area contributed by atoms with Gasteiger partial charge in [0, 0.05) is 17.5 Å². The predicted octanol–water partition coefficient (Wildman–Crippen LogP) is 2.65. The molecular formula is C15H19NO4. The van der Waals surface area contributed by atoms with E-state index in [4.69, 9.17) is 9.47 Å². The zero-order valence-electron chi connectivity index (χ0n) is 12.0. The van der Waals surface area contributed by atoms with Gasteiger partial charge in [0.05, 0.1) is 19.9 Å². The molecule has 0 bridgehead atoms. The number of rotatable bonds is 5. The van der Waals surface area contributed by atoms with E-state index in [-0.39, 0.29) is 17.6 Å². The largest absolute Gasteiger partial charge is 0.493 e. The molecule has 2 rings (SSSR count). The van der Waals surface area contributed by atoms with E-state index in [1.807, 2.05) is 0 Å². The van der Waals surface area contributed by atoms with Crippen LogP contribution >= 0.6 is 0 Å². The quantitative estimate of drug-likeness (QED) is 0.840. The molecule has 0 saturated heterocycles. The topological polar surface area (TPSA) is 64.6 Å². The SMILES string of the molecule is COc1cc(NC(=O)C2CCC2)c(C(C)=O)cc1OC. The van der Waals surface area contributed by atoms with Crippen molar-refractivity contribution in [2.24, 2.45) is 5.92 Å². The molecule has 1 aliphatic carbocycles. The third-order valence-corrected chi connectivity index (χ3v) is 3.64. The van der Waals surface area contributed by atoms with Gasteiger partial charge in [-0.05, 0) is 25.8 Å². The Labute approximate surface area is 118 Å². The molecule has 1 fully saturated rings. The average molecular weight is 277 g/mol. The molecular weight excluding hydrogens is 258 g/mol. The van der Waals surface area contributed by atoms with Crippen molar-refractivity contribution in [3.63, 3.8) is 0 Å². The summed E-state index contributed by atoms with van der Waals surface area (Å²) in [4.78, 5) is 23.8. The lowest BCUT2D eigenvalue weighted by Gasteiger charge is -2.24. The van der Waals surface area contributed by atoms with Crippen LogP contribution in [0.15, 0.2) is 12.1 Å². The Bertz CT molecular complexity index is 535. The minimum Gasteiger partial charge on any atom is -0.493 e. The van der Waals surface area contributed by atoms with Crippen LogP contribution in [0.5, 0.6) is 11.5 Å². The first-order chi connectivity index (χ1) is 9.56. The fourth-order valence-electron chi connectivity index (χ4n) is 2.18. The predicted molar refractivity (Wildman–Crippen MR) is 75.5 cm³/mol. The van der Waals surface area contributed by atoms with Crippen LogP contribution in [0.2, 0.25) is 0 Å². The second kappa shape index (κ2) is 5.94. The summed E-state index contributed by atoms with van der Waals surface area (Å²) in [7, 11) is 3.03. The molecule has 20 heavy (non-hydrogen) atoms. The normalized spacial score (nSPS) is 14.3. The van der Waals surface area contributed by atoms with Crippen LogP contribution in [-0.2, 0) is 4.79 Å². The van der Waals surface area contributed by atoms with Crippen molar-refractivity contribution in [1.29, 1.82) is 0 Å². The number of Topliss-reactive ketones (excluding diaryl/α,β-unsaturated/α-hetero) is 1. The van der Waals surface area contributed by atoms with Crippen molar-refractivity contribution < 1.29 is 19.1 Å². The highest BCUT2D eigenvalue weighted by Crippen LogP contribution is 2.35. The van der Waals surface area contributed by atoms with E-state index in [0.717, 1.165) is 19.3 Å². The Morgan fingerprint density at radius 3 is 2.20 bits per heavy atom. The fourth-order valence-corrected chi connectivity index (χ4v) is 2.18. The maximum absolute atomic E-state index is 12.0. The van der Waals surface area contributed by atoms with E-state index in [1.54, 1.807) is 12.1 Å². The summed E-state index contributed by atoms with van der Waals surface area (Å²) >= 11 is 0. The van der Waals surface area contributed by atoms with E-state index in [9.17, 15) is 9.59 Å². The lowest BCUT2D eigenvalue weighted by Crippen LogP contribution is -2.28. The van der Waals surface area contributed by atoms with Crippen LogP contribution in [0.1, 0.15) is 36.5 Å². The highest BCUT2D eigenvalue weighted by atomic mass is 16.5. The first-order valence-corrected chi connectivity index (χ1v) is 6.64. The third-order valence-electron chi connectivity index (χ3n) is 3.64. The summed E-state index contributed by atoms with van der Waals surface area (Å²) in [6.45, 7) is 1.46. The number of benzene rings is 1. The molecule has 0 aliphatic heterocycles. The molecule has 108 valence electrons. The van der Waals surface area contributed by atoms with Crippen LogP contribution in [0.4, 0.5) is 5.69 Å². The van der Waals surface area contributed by atoms with Gasteiger partial charge in [0.25, 0.3) is 0 Å². The highest BCUT2D eigenvalue weighted by Gasteiger charge is 2.26. The number of anilines is 1. The minimum atomic E-state index is -0.130. The van der Waals surface area contributed by atoms with E-state index < -0.39 is 0 Å². The van der Waals surface area contributed by atoms with Crippen LogP contribution in [0, 0.1) is 5.92 Å². The Hall–Kier alpha value is -2.04. The van der Waals surface area contributed by atoms with Gasteiger partial charge >= 0.3 is 0 Å². The zero-order chi connectivity index (χ0) is 14.7. The summed E-state index contributed by atoms with van der Waals surface area (Å²) in [5.74, 6) is 0.851. The lowest BCUT2D eigenvalue weighted by molar-refractivity contribution is -0.122. The summed E-state index contributed by atoms with van der Waals surface area (Å²) in [5.41, 5.74) is 0.905. The van der Waals surface area contributed by atoms with Crippen LogP contribution in [0.25, 0.3) is 0 Å². The summed E-state index contributed by atoms with van der Waals surface area (Å²) in [6.07, 6.45) is 2.91. The monoisotopic (exact) mass is 277 g/mol. The van der Waals surface area contributed by atoms with Crippen molar-refractivity contribution in [2.45, 2.75) is 26.2 Å². The van der Waals surface area contributed by atoms with Gasteiger partial charge in [-0.15, -0.1) is 0 Å². The Kier molecular flexibility index (Phi) is 4.27. The van der Waals surface area contributed by atoms with Crippen molar-refractivity contribution in [3.05, 3.63) is 17.7 Å². The smallest absolute Gasteiger partial charge is 0.227 e. The second-order valence-electron chi connectivity index (χ2n) is 4.93. The van der Waals surface area contributed by atoms with Crippen molar-refractivity contribution in [2.75, 3.05) is 19.5 Å². The van der Waals surface area contributed by atoms with Crippen molar-refractivity contribution >= 4 is 17.4 Å². The number of amides is 1. The van der Waals surface area contributed by atoms with Gasteiger partial charge in [-0.1, -0.05) is 6.42 Å². The van der Waals surface area contributed by atoms with E-state index >= 15 is 0 Å². The Morgan fingerprint density at radius 2 is 1.75 bits per heavy atom. The molecule has 1 aromatic rings. The molecule has 5 heteroatoms. The van der Waals surface area contributed by atoms with Gasteiger partial charge in [0.15, 0.2) is 17.3 Å². The first kappa shape index (κ1) is 14.4. The van der Waals surface area contributed by atoms with E-state index in [0.29, 0.717) is 22.7 Å². The lowest BCUT2D eigenvalue weighted by atomic mass is 9.84. The Balaban J connectivity index is 2.33. The van der Waals surface area contributed by atoms with Gasteiger partial charge in [0.2, 0.25) is 5.91 Å². The number of carbonyl (C=O) groups excluding carboxylic acids is 2. The maximum atomic E-state index is 12.0. The molecule has 1 aliphatic rings. The molecule has 0 unspecified atom stereocenters. The molecule has 0 radical (unpaired) electrons. The molecule has 1 saturated carbocycles. The molecule has 1 N–H and O–H groups in total. The molecule has 0 aromatic heterocycles. The number of ether oxygens (including phenoxy) is 2. The highest BCUT2D eigenvalue weighted by molar-refractivity contribution is 6.05. The van der Waals surface area contributed by atoms with Gasteiger partial charge in [0.1, 0.15) is 0 Å². The molecule has 0 atom stereocenters. The van der Waals surface area contributed by atoms with Gasteiger partial charge in [-0.2, -0.15) is 0 Å². The summed E-state index contributed by atoms with van der Waals surface area (Å²) in [6, 6.07) is 3.23. The third kappa shape index (κ3) is 2.76. The second-order valence-corrected chi connectivity index (χ2v) is 4.93. The van der Waals surface area contributed by atoms with Crippen molar-refractivity contribution in [3.8, 4) is 11.5 Å². The minimum absolute atomic E-state index is 0.0361. The number of ketones is 1. The summed E-state index contributed by atoms with van der Waals surface area (Å²) in [5, 5.41) is 2.82. The first-order valence-electron chi connectivity index (χ1n) is 6.64. The summed E-state index contributed by atoms with van der Waals surface area (Å²) < 4.78 is 10.4. The van der Waals surface area contributed by atoms with Crippen molar-refractivity contribution in [1.82, 2.24) is 0 Å².